The molecule has 1 atom stereocenters. The minimum absolute atomic E-state index is 0.442. The summed E-state index contributed by atoms with van der Waals surface area (Å²) in [5.74, 6) is 0.601. The summed E-state index contributed by atoms with van der Waals surface area (Å²) in [6.45, 7) is 2.68. The third kappa shape index (κ3) is 2.62. The number of thiocarbonyl (C=S) groups is 1. The molecule has 4 heteroatoms. The van der Waals surface area contributed by atoms with Crippen LogP contribution in [-0.2, 0) is 4.74 Å². The smallest absolute Gasteiger partial charge is 0.104 e. The standard InChI is InChI=1S/C16H18N2OS/c17-16(20)14-5-6-15(13-4-2-1-3-12(13)14)18-9-11-7-8-19-10-11/h1-6,11,18H,7-10H2,(H2,17,20). The number of nitrogens with one attached hydrogen (secondary N) is 1. The Morgan fingerprint density at radius 3 is 2.75 bits per heavy atom. The number of benzene rings is 2. The fraction of sp³-hybridized carbons (Fsp3) is 0.312. The number of hydrogen-bond acceptors (Lipinski definition) is 3. The van der Waals surface area contributed by atoms with E-state index in [1.807, 2.05) is 18.2 Å². The molecule has 0 saturated carbocycles. The lowest BCUT2D eigenvalue weighted by Crippen LogP contribution is -2.15. The fourth-order valence-electron chi connectivity index (χ4n) is 2.67. The highest BCUT2D eigenvalue weighted by molar-refractivity contribution is 7.80. The van der Waals surface area contributed by atoms with Gasteiger partial charge in [-0.1, -0.05) is 36.5 Å². The molecule has 104 valence electrons. The van der Waals surface area contributed by atoms with Crippen molar-refractivity contribution in [1.82, 2.24) is 0 Å². The molecule has 0 radical (unpaired) electrons. The second-order valence-electron chi connectivity index (χ2n) is 5.18. The van der Waals surface area contributed by atoms with Crippen LogP contribution >= 0.6 is 12.2 Å². The Morgan fingerprint density at radius 2 is 2.05 bits per heavy atom. The monoisotopic (exact) mass is 286 g/mol. The van der Waals surface area contributed by atoms with Crippen molar-refractivity contribution in [1.29, 1.82) is 0 Å². The fourth-order valence-corrected chi connectivity index (χ4v) is 2.84. The number of hydrogen-bond donors (Lipinski definition) is 2. The van der Waals surface area contributed by atoms with Gasteiger partial charge in [0.25, 0.3) is 0 Å². The summed E-state index contributed by atoms with van der Waals surface area (Å²) in [7, 11) is 0. The molecule has 0 amide bonds. The van der Waals surface area contributed by atoms with Crippen molar-refractivity contribution in [3.63, 3.8) is 0 Å². The third-order valence-corrected chi connectivity index (χ3v) is 4.01. The Bertz CT molecular complexity index is 635. The molecule has 2 aromatic carbocycles. The highest BCUT2D eigenvalue weighted by Gasteiger charge is 2.15. The van der Waals surface area contributed by atoms with E-state index >= 15 is 0 Å². The third-order valence-electron chi connectivity index (χ3n) is 3.79. The number of ether oxygens (including phenoxy) is 1. The van der Waals surface area contributed by atoms with Crippen LogP contribution in [0.2, 0.25) is 0 Å². The molecule has 1 aliphatic heterocycles. The first-order chi connectivity index (χ1) is 9.75. The second-order valence-corrected chi connectivity index (χ2v) is 5.62. The van der Waals surface area contributed by atoms with Gasteiger partial charge in [-0.2, -0.15) is 0 Å². The quantitative estimate of drug-likeness (QED) is 0.848. The molecule has 0 aromatic heterocycles. The first-order valence-corrected chi connectivity index (χ1v) is 7.29. The van der Waals surface area contributed by atoms with E-state index in [0.717, 1.165) is 48.2 Å². The van der Waals surface area contributed by atoms with Gasteiger partial charge < -0.3 is 15.8 Å². The van der Waals surface area contributed by atoms with Gasteiger partial charge in [-0.05, 0) is 23.9 Å². The number of anilines is 1. The average Bonchev–Trinajstić information content (AvgIpc) is 2.97. The lowest BCUT2D eigenvalue weighted by Gasteiger charge is -2.14. The van der Waals surface area contributed by atoms with E-state index < -0.39 is 0 Å². The Morgan fingerprint density at radius 1 is 1.25 bits per heavy atom. The summed E-state index contributed by atoms with van der Waals surface area (Å²) in [6.07, 6.45) is 1.13. The van der Waals surface area contributed by atoms with Gasteiger partial charge in [0, 0.05) is 35.7 Å². The molecule has 0 spiro atoms. The SMILES string of the molecule is NC(=S)c1ccc(NCC2CCOC2)c2ccccc12. The Hall–Kier alpha value is -1.65. The minimum atomic E-state index is 0.442. The molecule has 1 saturated heterocycles. The van der Waals surface area contributed by atoms with Crippen LogP contribution in [0.15, 0.2) is 36.4 Å². The average molecular weight is 286 g/mol. The zero-order valence-corrected chi connectivity index (χ0v) is 12.1. The number of rotatable bonds is 4. The van der Waals surface area contributed by atoms with Crippen LogP contribution < -0.4 is 11.1 Å². The van der Waals surface area contributed by atoms with Crippen molar-refractivity contribution >= 4 is 33.7 Å². The molecule has 0 aliphatic carbocycles. The van der Waals surface area contributed by atoms with Crippen molar-refractivity contribution in [3.05, 3.63) is 42.0 Å². The van der Waals surface area contributed by atoms with Crippen LogP contribution in [0, 0.1) is 5.92 Å². The molecule has 1 fully saturated rings. The van der Waals surface area contributed by atoms with Crippen LogP contribution in [0.25, 0.3) is 10.8 Å². The minimum Gasteiger partial charge on any atom is -0.389 e. The summed E-state index contributed by atoms with van der Waals surface area (Å²) in [4.78, 5) is 0.442. The maximum atomic E-state index is 5.80. The molecule has 1 heterocycles. The predicted octanol–water partition coefficient (Wildman–Crippen LogP) is 2.92. The van der Waals surface area contributed by atoms with Gasteiger partial charge in [0.2, 0.25) is 0 Å². The molecule has 3 nitrogen and oxygen atoms in total. The summed E-state index contributed by atoms with van der Waals surface area (Å²) in [5.41, 5.74) is 7.87. The van der Waals surface area contributed by atoms with Gasteiger partial charge >= 0.3 is 0 Å². The van der Waals surface area contributed by atoms with Crippen molar-refractivity contribution in [2.75, 3.05) is 25.1 Å². The van der Waals surface area contributed by atoms with Crippen LogP contribution in [0.4, 0.5) is 5.69 Å². The van der Waals surface area contributed by atoms with Crippen LogP contribution in [0.1, 0.15) is 12.0 Å². The second kappa shape index (κ2) is 5.77. The first kappa shape index (κ1) is 13.3. The van der Waals surface area contributed by atoms with Crippen molar-refractivity contribution < 1.29 is 4.74 Å². The Labute approximate surface area is 124 Å². The summed E-state index contributed by atoms with van der Waals surface area (Å²) in [6, 6.07) is 12.3. The highest BCUT2D eigenvalue weighted by atomic mass is 32.1. The molecule has 3 rings (SSSR count). The first-order valence-electron chi connectivity index (χ1n) is 6.89. The molecular formula is C16H18N2OS. The lowest BCUT2D eigenvalue weighted by atomic mass is 10.0. The lowest BCUT2D eigenvalue weighted by molar-refractivity contribution is 0.187. The summed E-state index contributed by atoms with van der Waals surface area (Å²) >= 11 is 5.13. The van der Waals surface area contributed by atoms with E-state index in [2.05, 4.69) is 23.5 Å². The van der Waals surface area contributed by atoms with E-state index in [9.17, 15) is 0 Å². The van der Waals surface area contributed by atoms with Gasteiger partial charge in [-0.3, -0.25) is 0 Å². The van der Waals surface area contributed by atoms with Crippen molar-refractivity contribution in [2.24, 2.45) is 11.7 Å². The molecule has 1 aliphatic rings. The normalized spacial score (nSPS) is 18.3. The van der Waals surface area contributed by atoms with Crippen LogP contribution in [-0.4, -0.2) is 24.7 Å². The topological polar surface area (TPSA) is 47.3 Å². The van der Waals surface area contributed by atoms with E-state index in [-0.39, 0.29) is 0 Å². The largest absolute Gasteiger partial charge is 0.389 e. The molecule has 20 heavy (non-hydrogen) atoms. The van der Waals surface area contributed by atoms with E-state index in [1.54, 1.807) is 0 Å². The van der Waals surface area contributed by atoms with Gasteiger partial charge in [0.05, 0.1) is 6.61 Å². The Balaban J connectivity index is 1.91. The van der Waals surface area contributed by atoms with E-state index in [0.29, 0.717) is 10.9 Å². The zero-order valence-electron chi connectivity index (χ0n) is 11.3. The highest BCUT2D eigenvalue weighted by Crippen LogP contribution is 2.27. The number of nitrogens with two attached hydrogens (primary N) is 1. The number of fused-ring (bicyclic) bond motifs is 1. The van der Waals surface area contributed by atoms with Gasteiger partial charge in [0.1, 0.15) is 4.99 Å². The van der Waals surface area contributed by atoms with Gasteiger partial charge in [0.15, 0.2) is 0 Å². The van der Waals surface area contributed by atoms with Crippen molar-refractivity contribution in [2.45, 2.75) is 6.42 Å². The van der Waals surface area contributed by atoms with Gasteiger partial charge in [-0.25, -0.2) is 0 Å². The van der Waals surface area contributed by atoms with Crippen LogP contribution in [0.3, 0.4) is 0 Å². The van der Waals surface area contributed by atoms with E-state index in [1.165, 1.54) is 0 Å². The summed E-state index contributed by atoms with van der Waals surface area (Å²) < 4.78 is 5.41. The maximum absolute atomic E-state index is 5.80. The molecule has 0 bridgehead atoms. The van der Waals surface area contributed by atoms with E-state index in [4.69, 9.17) is 22.7 Å². The molecular weight excluding hydrogens is 268 g/mol. The molecule has 1 unspecified atom stereocenters. The Kier molecular flexibility index (Phi) is 3.85. The summed E-state index contributed by atoms with van der Waals surface area (Å²) in [5, 5.41) is 5.80. The predicted molar refractivity (Wildman–Crippen MR) is 87.3 cm³/mol. The van der Waals surface area contributed by atoms with Crippen molar-refractivity contribution in [3.8, 4) is 0 Å². The van der Waals surface area contributed by atoms with Gasteiger partial charge in [-0.15, -0.1) is 0 Å². The zero-order chi connectivity index (χ0) is 13.9. The molecule has 2 aromatic rings. The molecule has 3 N–H and O–H groups in total. The maximum Gasteiger partial charge on any atom is 0.104 e. The van der Waals surface area contributed by atoms with Crippen LogP contribution in [0.5, 0.6) is 0 Å².